The maximum Gasteiger partial charge on any atom is 0.253 e. The van der Waals surface area contributed by atoms with Crippen molar-refractivity contribution in [3.63, 3.8) is 0 Å². The second-order valence-electron chi connectivity index (χ2n) is 7.29. The Labute approximate surface area is 183 Å². The summed E-state index contributed by atoms with van der Waals surface area (Å²) in [7, 11) is 0. The molecule has 2 fully saturated rings. The predicted octanol–water partition coefficient (Wildman–Crippen LogP) is 2.26. The molecule has 0 spiro atoms. The van der Waals surface area contributed by atoms with Crippen LogP contribution in [0.25, 0.3) is 10.9 Å². The molecule has 1 aromatic carbocycles. The number of benzene rings is 1. The molecule has 7 nitrogen and oxygen atoms in total. The fraction of sp³-hybridized carbons (Fsp3) is 0.550. The molecule has 0 bridgehead atoms. The summed E-state index contributed by atoms with van der Waals surface area (Å²) in [5.41, 5.74) is 7.60. The van der Waals surface area contributed by atoms with Gasteiger partial charge < -0.3 is 25.1 Å². The molecule has 3 N–H and O–H groups in total. The number of nitrogens with two attached hydrogens (primary N) is 1. The average Bonchev–Trinajstić information content (AvgIpc) is 3.34. The van der Waals surface area contributed by atoms with Gasteiger partial charge in [0.25, 0.3) is 5.91 Å². The van der Waals surface area contributed by atoms with E-state index in [-0.39, 0.29) is 36.8 Å². The van der Waals surface area contributed by atoms with Crippen molar-refractivity contribution < 1.29 is 14.3 Å². The van der Waals surface area contributed by atoms with Crippen LogP contribution in [0.1, 0.15) is 12.8 Å². The molecule has 29 heavy (non-hydrogen) atoms. The quantitative estimate of drug-likeness (QED) is 0.713. The van der Waals surface area contributed by atoms with E-state index in [4.69, 9.17) is 15.2 Å². The number of fused-ring (bicyclic) bond motifs is 1. The molecule has 0 aliphatic carbocycles. The number of halogens is 2. The predicted molar refractivity (Wildman–Crippen MR) is 119 cm³/mol. The molecule has 2 aliphatic rings. The van der Waals surface area contributed by atoms with Gasteiger partial charge in [0, 0.05) is 55.5 Å². The molecule has 2 saturated heterocycles. The van der Waals surface area contributed by atoms with Crippen molar-refractivity contribution in [1.29, 1.82) is 0 Å². The van der Waals surface area contributed by atoms with E-state index in [9.17, 15) is 4.79 Å². The summed E-state index contributed by atoms with van der Waals surface area (Å²) in [4.78, 5) is 14.8. The van der Waals surface area contributed by atoms with Crippen molar-refractivity contribution in [2.24, 2.45) is 5.73 Å². The molecule has 2 atom stereocenters. The van der Waals surface area contributed by atoms with Gasteiger partial charge >= 0.3 is 0 Å². The highest BCUT2D eigenvalue weighted by Crippen LogP contribution is 2.23. The zero-order chi connectivity index (χ0) is 18.6. The van der Waals surface area contributed by atoms with Gasteiger partial charge in [-0.25, -0.2) is 0 Å². The van der Waals surface area contributed by atoms with Crippen molar-refractivity contribution in [3.8, 4) is 0 Å². The van der Waals surface area contributed by atoms with Gasteiger partial charge in [-0.1, -0.05) is 0 Å². The first-order chi connectivity index (χ1) is 13.2. The standard InChI is InChI=1S/C20H28N4O3.2ClH/c21-14-17-2-4-19(27-17)20(25)22-16-1-3-18-15(13-16)5-6-24(18)8-7-23-9-11-26-12-10-23;;/h1,3,5-6,13,17,19H,2,4,7-12,14,21H2,(H,22,25);2*1H/t17-,19+;;/m1../s1. The number of aromatic nitrogens is 1. The normalized spacial score (nSPS) is 22.1. The van der Waals surface area contributed by atoms with E-state index >= 15 is 0 Å². The first-order valence-corrected chi connectivity index (χ1v) is 9.78. The van der Waals surface area contributed by atoms with Crippen molar-refractivity contribution in [1.82, 2.24) is 9.47 Å². The Morgan fingerprint density at radius 1 is 1.14 bits per heavy atom. The highest BCUT2D eigenvalue weighted by atomic mass is 35.5. The van der Waals surface area contributed by atoms with E-state index in [0.717, 1.165) is 63.3 Å². The van der Waals surface area contributed by atoms with Crippen LogP contribution < -0.4 is 11.1 Å². The Balaban J connectivity index is 0.00000150. The maximum absolute atomic E-state index is 12.4. The Kier molecular flexibility index (Phi) is 9.20. The van der Waals surface area contributed by atoms with Crippen LogP contribution in [0.15, 0.2) is 30.5 Å². The molecule has 4 rings (SSSR count). The van der Waals surface area contributed by atoms with Gasteiger partial charge in [-0.2, -0.15) is 0 Å². The third kappa shape index (κ3) is 5.84. The van der Waals surface area contributed by atoms with Gasteiger partial charge in [0.15, 0.2) is 0 Å². The third-order valence-corrected chi connectivity index (χ3v) is 5.46. The summed E-state index contributed by atoms with van der Waals surface area (Å²) < 4.78 is 13.3. The second-order valence-corrected chi connectivity index (χ2v) is 7.29. The number of rotatable bonds is 6. The van der Waals surface area contributed by atoms with Gasteiger partial charge in [-0.05, 0) is 37.1 Å². The van der Waals surface area contributed by atoms with Gasteiger partial charge in [0.05, 0.1) is 19.3 Å². The van der Waals surface area contributed by atoms with Crippen LogP contribution in [0, 0.1) is 0 Å². The zero-order valence-corrected chi connectivity index (χ0v) is 18.1. The number of anilines is 1. The number of ether oxygens (including phenoxy) is 2. The minimum Gasteiger partial charge on any atom is -0.379 e. The molecule has 162 valence electrons. The Morgan fingerprint density at radius 2 is 1.93 bits per heavy atom. The molecule has 1 aromatic heterocycles. The zero-order valence-electron chi connectivity index (χ0n) is 16.4. The number of carbonyl (C=O) groups excluding carboxylic acids is 1. The fourth-order valence-electron chi connectivity index (χ4n) is 3.84. The van der Waals surface area contributed by atoms with E-state index in [0.29, 0.717) is 6.54 Å². The monoisotopic (exact) mass is 444 g/mol. The van der Waals surface area contributed by atoms with E-state index < -0.39 is 6.10 Å². The minimum atomic E-state index is -0.396. The third-order valence-electron chi connectivity index (χ3n) is 5.46. The summed E-state index contributed by atoms with van der Waals surface area (Å²) in [6.07, 6.45) is 3.30. The first-order valence-electron chi connectivity index (χ1n) is 9.78. The van der Waals surface area contributed by atoms with E-state index in [1.54, 1.807) is 0 Å². The Bertz CT molecular complexity index is 795. The molecular weight excluding hydrogens is 415 g/mol. The number of hydrogen-bond donors (Lipinski definition) is 2. The van der Waals surface area contributed by atoms with Crippen molar-refractivity contribution in [3.05, 3.63) is 30.5 Å². The molecule has 3 heterocycles. The SMILES string of the molecule is Cl.Cl.NC[C@H]1CC[C@@H](C(=O)Nc2ccc3c(ccn3CCN3CCOCC3)c2)O1. The summed E-state index contributed by atoms with van der Waals surface area (Å²) in [6.45, 7) is 6.10. The molecule has 2 aliphatic heterocycles. The van der Waals surface area contributed by atoms with E-state index in [2.05, 4.69) is 33.1 Å². The second kappa shape index (κ2) is 11.2. The van der Waals surface area contributed by atoms with Gasteiger partial charge in [-0.15, -0.1) is 24.8 Å². The first kappa shape index (κ1) is 23.9. The van der Waals surface area contributed by atoms with Gasteiger partial charge in [-0.3, -0.25) is 9.69 Å². The molecular formula is C20H30Cl2N4O3. The lowest BCUT2D eigenvalue weighted by molar-refractivity contribution is -0.126. The van der Waals surface area contributed by atoms with Crippen LogP contribution in [0.5, 0.6) is 0 Å². The summed E-state index contributed by atoms with van der Waals surface area (Å²) in [5.74, 6) is -0.0861. The Hall–Kier alpha value is -1.35. The Morgan fingerprint density at radius 3 is 2.66 bits per heavy atom. The summed E-state index contributed by atoms with van der Waals surface area (Å²) >= 11 is 0. The molecule has 2 aromatic rings. The highest BCUT2D eigenvalue weighted by Gasteiger charge is 2.29. The number of nitrogens with zero attached hydrogens (tertiary/aromatic N) is 2. The lowest BCUT2D eigenvalue weighted by atomic mass is 10.2. The average molecular weight is 445 g/mol. The van der Waals surface area contributed by atoms with E-state index in [1.165, 1.54) is 5.52 Å². The minimum absolute atomic E-state index is 0. The smallest absolute Gasteiger partial charge is 0.253 e. The van der Waals surface area contributed by atoms with Crippen LogP contribution in [0.3, 0.4) is 0 Å². The lowest BCUT2D eigenvalue weighted by Crippen LogP contribution is -2.38. The van der Waals surface area contributed by atoms with E-state index in [1.807, 2.05) is 12.1 Å². The summed E-state index contributed by atoms with van der Waals surface area (Å²) in [5, 5.41) is 4.10. The van der Waals surface area contributed by atoms with Crippen LogP contribution >= 0.6 is 24.8 Å². The van der Waals surface area contributed by atoms with Crippen LogP contribution in [0.2, 0.25) is 0 Å². The summed E-state index contributed by atoms with van der Waals surface area (Å²) in [6, 6.07) is 8.15. The molecule has 1 amide bonds. The number of carbonyl (C=O) groups is 1. The fourth-order valence-corrected chi connectivity index (χ4v) is 3.84. The van der Waals surface area contributed by atoms with Gasteiger partial charge in [0.2, 0.25) is 0 Å². The van der Waals surface area contributed by atoms with Crippen molar-refractivity contribution >= 4 is 47.3 Å². The van der Waals surface area contributed by atoms with Crippen LogP contribution in [0.4, 0.5) is 5.69 Å². The maximum atomic E-state index is 12.4. The molecule has 9 heteroatoms. The molecule has 0 unspecified atom stereocenters. The molecule has 0 radical (unpaired) electrons. The number of hydrogen-bond acceptors (Lipinski definition) is 5. The largest absolute Gasteiger partial charge is 0.379 e. The van der Waals surface area contributed by atoms with Crippen LogP contribution in [-0.4, -0.2) is 67.0 Å². The number of amides is 1. The van der Waals surface area contributed by atoms with Crippen molar-refractivity contribution in [2.45, 2.75) is 31.6 Å². The number of nitrogens with one attached hydrogen (secondary N) is 1. The lowest BCUT2D eigenvalue weighted by Gasteiger charge is -2.26. The highest BCUT2D eigenvalue weighted by molar-refractivity contribution is 5.96. The van der Waals surface area contributed by atoms with Gasteiger partial charge in [0.1, 0.15) is 6.10 Å². The molecule has 0 saturated carbocycles. The van der Waals surface area contributed by atoms with Crippen molar-refractivity contribution in [2.75, 3.05) is 44.7 Å². The number of morpholine rings is 1. The topological polar surface area (TPSA) is 81.8 Å². The van der Waals surface area contributed by atoms with Crippen LogP contribution in [-0.2, 0) is 20.8 Å².